The summed E-state index contributed by atoms with van der Waals surface area (Å²) in [6, 6.07) is 4.19. The van der Waals surface area contributed by atoms with E-state index in [2.05, 4.69) is 43.8 Å². The van der Waals surface area contributed by atoms with Gasteiger partial charge >= 0.3 is 0 Å². The molecule has 0 saturated carbocycles. The lowest BCUT2D eigenvalue weighted by molar-refractivity contribution is 0.0931. The van der Waals surface area contributed by atoms with Gasteiger partial charge in [-0.3, -0.25) is 4.79 Å². The molecule has 0 aromatic heterocycles. The number of alkyl halides is 1. The Hall–Kier alpha value is -0.170. The van der Waals surface area contributed by atoms with Crippen molar-refractivity contribution in [3.63, 3.8) is 0 Å². The van der Waals surface area contributed by atoms with E-state index >= 15 is 0 Å². The van der Waals surface area contributed by atoms with Crippen LogP contribution in [0.2, 0.25) is 0 Å². The van der Waals surface area contributed by atoms with Crippen LogP contribution >= 0.6 is 38.5 Å². The Kier molecular flexibility index (Phi) is 5.85. The number of benzene rings is 1. The molecule has 0 bridgehead atoms. The first-order valence-electron chi connectivity index (χ1n) is 5.27. The van der Waals surface area contributed by atoms with Gasteiger partial charge in [-0.25, -0.2) is 4.39 Å². The Balaban J connectivity index is 2.86. The van der Waals surface area contributed by atoms with Crippen molar-refractivity contribution in [1.82, 2.24) is 5.32 Å². The van der Waals surface area contributed by atoms with Crippen molar-refractivity contribution in [2.45, 2.75) is 19.9 Å². The molecular formula is C12H14BrFINO. The highest BCUT2D eigenvalue weighted by molar-refractivity contribution is 14.1. The lowest BCUT2D eigenvalue weighted by atomic mass is 10.1. The molecule has 2 nitrogen and oxygen atoms in total. The standard InChI is InChI=1S/C12H14BrFINO/c1-7(2)11(6-15)16-12(17)9-5-8(14)3-4-10(9)13/h3-5,7,11H,6H2,1-2H3,(H,16,17). The van der Waals surface area contributed by atoms with E-state index in [1.807, 2.05) is 13.8 Å². The molecule has 1 rings (SSSR count). The van der Waals surface area contributed by atoms with Crippen molar-refractivity contribution in [2.24, 2.45) is 5.92 Å². The molecule has 94 valence electrons. The molecule has 0 fully saturated rings. The number of hydrogen-bond donors (Lipinski definition) is 1. The maximum atomic E-state index is 13.1. The third-order valence-corrected chi connectivity index (χ3v) is 4.10. The van der Waals surface area contributed by atoms with Gasteiger partial charge in [-0.05, 0) is 40.0 Å². The molecule has 1 atom stereocenters. The highest BCUT2D eigenvalue weighted by atomic mass is 127. The first-order chi connectivity index (χ1) is 7.95. The van der Waals surface area contributed by atoms with E-state index in [-0.39, 0.29) is 11.9 Å². The van der Waals surface area contributed by atoms with Crippen LogP contribution in [-0.2, 0) is 0 Å². The highest BCUT2D eigenvalue weighted by Gasteiger charge is 2.17. The Morgan fingerprint density at radius 3 is 2.71 bits per heavy atom. The van der Waals surface area contributed by atoms with E-state index in [0.29, 0.717) is 16.0 Å². The number of carbonyl (C=O) groups excluding carboxylic acids is 1. The number of nitrogens with one attached hydrogen (secondary N) is 1. The number of hydrogen-bond acceptors (Lipinski definition) is 1. The normalized spacial score (nSPS) is 12.6. The van der Waals surface area contributed by atoms with Crippen LogP contribution in [0.1, 0.15) is 24.2 Å². The average Bonchev–Trinajstić information content (AvgIpc) is 2.28. The summed E-state index contributed by atoms with van der Waals surface area (Å²) in [7, 11) is 0. The number of halogens is 3. The lowest BCUT2D eigenvalue weighted by Gasteiger charge is -2.20. The van der Waals surface area contributed by atoms with Crippen molar-refractivity contribution in [3.05, 3.63) is 34.1 Å². The summed E-state index contributed by atoms with van der Waals surface area (Å²) in [6.45, 7) is 4.09. The summed E-state index contributed by atoms with van der Waals surface area (Å²) >= 11 is 5.48. The van der Waals surface area contributed by atoms with Crippen molar-refractivity contribution in [3.8, 4) is 0 Å². The summed E-state index contributed by atoms with van der Waals surface area (Å²) in [4.78, 5) is 12.0. The summed E-state index contributed by atoms with van der Waals surface area (Å²) < 4.78 is 14.5. The fourth-order valence-corrected chi connectivity index (χ4v) is 2.96. The molecule has 1 amide bonds. The third kappa shape index (κ3) is 4.21. The number of amides is 1. The summed E-state index contributed by atoms with van der Waals surface area (Å²) in [6.07, 6.45) is 0. The SMILES string of the molecule is CC(C)C(CI)NC(=O)c1cc(F)ccc1Br. The fraction of sp³-hybridized carbons (Fsp3) is 0.417. The second kappa shape index (κ2) is 6.68. The van der Waals surface area contributed by atoms with Crippen LogP contribution in [0.25, 0.3) is 0 Å². The van der Waals surface area contributed by atoms with Crippen LogP contribution in [-0.4, -0.2) is 16.4 Å². The average molecular weight is 414 g/mol. The molecule has 0 heterocycles. The van der Waals surface area contributed by atoms with Crippen LogP contribution < -0.4 is 5.32 Å². The van der Waals surface area contributed by atoms with Crippen LogP contribution in [0.4, 0.5) is 4.39 Å². The smallest absolute Gasteiger partial charge is 0.252 e. The van der Waals surface area contributed by atoms with Crippen LogP contribution in [0.5, 0.6) is 0 Å². The van der Waals surface area contributed by atoms with Gasteiger partial charge in [0.1, 0.15) is 5.82 Å². The second-order valence-electron chi connectivity index (χ2n) is 4.10. The fourth-order valence-electron chi connectivity index (χ4n) is 1.30. The molecule has 17 heavy (non-hydrogen) atoms. The number of carbonyl (C=O) groups is 1. The zero-order valence-corrected chi connectivity index (χ0v) is 13.4. The molecule has 0 aliphatic heterocycles. The molecular weight excluding hydrogens is 400 g/mol. The molecule has 5 heteroatoms. The molecule has 1 aromatic carbocycles. The summed E-state index contributed by atoms with van der Waals surface area (Å²) in [5.41, 5.74) is 0.334. The topological polar surface area (TPSA) is 29.1 Å². The molecule has 0 aliphatic carbocycles. The maximum absolute atomic E-state index is 13.1. The van der Waals surface area contributed by atoms with Crippen molar-refractivity contribution in [2.75, 3.05) is 4.43 Å². The predicted octanol–water partition coefficient (Wildman–Crippen LogP) is 3.78. The molecule has 0 spiro atoms. The van der Waals surface area contributed by atoms with Crippen molar-refractivity contribution >= 4 is 44.4 Å². The second-order valence-corrected chi connectivity index (χ2v) is 5.84. The monoisotopic (exact) mass is 413 g/mol. The predicted molar refractivity (Wildman–Crippen MR) is 79.1 cm³/mol. The minimum atomic E-state index is -0.408. The van der Waals surface area contributed by atoms with Gasteiger partial charge in [-0.15, -0.1) is 0 Å². The van der Waals surface area contributed by atoms with Gasteiger partial charge in [0.25, 0.3) is 5.91 Å². The quantitative estimate of drug-likeness (QED) is 0.590. The third-order valence-electron chi connectivity index (χ3n) is 2.46. The molecule has 0 saturated heterocycles. The van der Waals surface area contributed by atoms with E-state index in [9.17, 15) is 9.18 Å². The zero-order chi connectivity index (χ0) is 13.0. The summed E-state index contributed by atoms with van der Waals surface area (Å²) in [5, 5.41) is 2.91. The van der Waals surface area contributed by atoms with Crippen LogP contribution in [0.3, 0.4) is 0 Å². The van der Waals surface area contributed by atoms with Crippen LogP contribution in [0.15, 0.2) is 22.7 Å². The minimum Gasteiger partial charge on any atom is -0.348 e. The first kappa shape index (κ1) is 14.9. The van der Waals surface area contributed by atoms with E-state index in [0.717, 1.165) is 4.43 Å². The van der Waals surface area contributed by atoms with E-state index in [4.69, 9.17) is 0 Å². The van der Waals surface area contributed by atoms with Gasteiger partial charge in [0.15, 0.2) is 0 Å². The van der Waals surface area contributed by atoms with Gasteiger partial charge in [0, 0.05) is 14.9 Å². The molecule has 0 aliphatic rings. The summed E-state index contributed by atoms with van der Waals surface area (Å²) in [5.74, 6) is -0.302. The van der Waals surface area contributed by atoms with Crippen molar-refractivity contribution < 1.29 is 9.18 Å². The molecule has 1 N–H and O–H groups in total. The Morgan fingerprint density at radius 1 is 1.53 bits per heavy atom. The lowest BCUT2D eigenvalue weighted by Crippen LogP contribution is -2.39. The molecule has 1 aromatic rings. The Morgan fingerprint density at radius 2 is 2.18 bits per heavy atom. The van der Waals surface area contributed by atoms with E-state index in [1.54, 1.807) is 6.07 Å². The van der Waals surface area contributed by atoms with Gasteiger partial charge in [-0.1, -0.05) is 36.4 Å². The van der Waals surface area contributed by atoms with Crippen LogP contribution in [0, 0.1) is 11.7 Å². The van der Waals surface area contributed by atoms with Gasteiger partial charge in [-0.2, -0.15) is 0 Å². The van der Waals surface area contributed by atoms with Crippen molar-refractivity contribution in [1.29, 1.82) is 0 Å². The molecule has 1 unspecified atom stereocenters. The van der Waals surface area contributed by atoms with Gasteiger partial charge in [0.2, 0.25) is 0 Å². The minimum absolute atomic E-state index is 0.0956. The number of rotatable bonds is 4. The van der Waals surface area contributed by atoms with Gasteiger partial charge < -0.3 is 5.32 Å². The largest absolute Gasteiger partial charge is 0.348 e. The van der Waals surface area contributed by atoms with E-state index in [1.165, 1.54) is 12.1 Å². The highest BCUT2D eigenvalue weighted by Crippen LogP contribution is 2.18. The zero-order valence-electron chi connectivity index (χ0n) is 9.64. The Bertz CT molecular complexity index is 411. The molecule has 0 radical (unpaired) electrons. The maximum Gasteiger partial charge on any atom is 0.252 e. The Labute approximate surface area is 123 Å². The first-order valence-corrected chi connectivity index (χ1v) is 7.59. The van der Waals surface area contributed by atoms with E-state index < -0.39 is 5.82 Å². The van der Waals surface area contributed by atoms with Gasteiger partial charge in [0.05, 0.1) is 5.56 Å².